The molecule has 0 aliphatic carbocycles. The van der Waals surface area contributed by atoms with E-state index < -0.39 is 0 Å². The summed E-state index contributed by atoms with van der Waals surface area (Å²) in [5.41, 5.74) is 1.78. The molecule has 3 rings (SSSR count). The molecule has 1 heterocycles. The molecule has 28 heavy (non-hydrogen) atoms. The molecule has 0 N–H and O–H groups in total. The van der Waals surface area contributed by atoms with Gasteiger partial charge in [0, 0.05) is 45.3 Å². The van der Waals surface area contributed by atoms with E-state index in [1.807, 2.05) is 66.5 Å². The molecule has 2 aromatic rings. The quantitative estimate of drug-likeness (QED) is 0.769. The summed E-state index contributed by atoms with van der Waals surface area (Å²) in [6.45, 7) is 3.64. The van der Waals surface area contributed by atoms with Crippen molar-refractivity contribution in [2.24, 2.45) is 0 Å². The summed E-state index contributed by atoms with van der Waals surface area (Å²) in [4.78, 5) is 30.8. The maximum atomic E-state index is 12.6. The Morgan fingerprint density at radius 2 is 1.61 bits per heavy atom. The van der Waals surface area contributed by atoms with Gasteiger partial charge in [0.05, 0.1) is 13.7 Å². The van der Waals surface area contributed by atoms with Gasteiger partial charge >= 0.3 is 0 Å². The number of carbonyl (C=O) groups is 2. The minimum absolute atomic E-state index is 0.0585. The van der Waals surface area contributed by atoms with Gasteiger partial charge in [-0.25, -0.2) is 0 Å². The molecular formula is C22H27N3O3. The first-order valence-corrected chi connectivity index (χ1v) is 9.50. The average molecular weight is 381 g/mol. The molecule has 1 fully saturated rings. The molecule has 6 heteroatoms. The highest BCUT2D eigenvalue weighted by Gasteiger charge is 2.24. The number of hydrogen-bond acceptors (Lipinski definition) is 4. The third-order valence-corrected chi connectivity index (χ3v) is 5.04. The van der Waals surface area contributed by atoms with Crippen LogP contribution >= 0.6 is 0 Å². The molecule has 0 saturated carbocycles. The average Bonchev–Trinajstić information content (AvgIpc) is 2.75. The van der Waals surface area contributed by atoms with E-state index in [1.54, 1.807) is 12.0 Å². The number of ether oxygens (including phenoxy) is 1. The van der Waals surface area contributed by atoms with Crippen LogP contribution in [0.5, 0.6) is 5.75 Å². The zero-order chi connectivity index (χ0) is 19.9. The SMILES string of the molecule is COc1ccc(CN(C)C(=O)CN2CCN(C(=O)c3ccccc3)CC2)cc1. The molecule has 1 aliphatic heterocycles. The highest BCUT2D eigenvalue weighted by molar-refractivity contribution is 5.94. The molecule has 1 aliphatic rings. The molecule has 0 aromatic heterocycles. The van der Waals surface area contributed by atoms with Crippen molar-refractivity contribution in [3.8, 4) is 5.75 Å². The van der Waals surface area contributed by atoms with Gasteiger partial charge in [0.15, 0.2) is 0 Å². The van der Waals surface area contributed by atoms with E-state index in [9.17, 15) is 9.59 Å². The van der Waals surface area contributed by atoms with Gasteiger partial charge in [-0.3, -0.25) is 14.5 Å². The minimum atomic E-state index is 0.0585. The maximum Gasteiger partial charge on any atom is 0.253 e. The second kappa shape index (κ2) is 9.37. The first kappa shape index (κ1) is 19.9. The van der Waals surface area contributed by atoms with Crippen molar-refractivity contribution >= 4 is 11.8 Å². The number of nitrogens with zero attached hydrogens (tertiary/aromatic N) is 3. The number of benzene rings is 2. The number of rotatable bonds is 6. The van der Waals surface area contributed by atoms with Crippen LogP contribution in [0.25, 0.3) is 0 Å². The fourth-order valence-electron chi connectivity index (χ4n) is 3.28. The number of piperazine rings is 1. The first-order valence-electron chi connectivity index (χ1n) is 9.50. The predicted octanol–water partition coefficient (Wildman–Crippen LogP) is 2.11. The summed E-state index contributed by atoms with van der Waals surface area (Å²) < 4.78 is 5.16. The van der Waals surface area contributed by atoms with E-state index in [0.29, 0.717) is 44.8 Å². The summed E-state index contributed by atoms with van der Waals surface area (Å²) >= 11 is 0. The molecule has 0 radical (unpaired) electrons. The number of methoxy groups -OCH3 is 1. The Morgan fingerprint density at radius 3 is 2.21 bits per heavy atom. The van der Waals surface area contributed by atoms with Crippen LogP contribution in [0.1, 0.15) is 15.9 Å². The van der Waals surface area contributed by atoms with E-state index in [-0.39, 0.29) is 11.8 Å². The Bertz CT molecular complexity index is 784. The monoisotopic (exact) mass is 381 g/mol. The fourth-order valence-corrected chi connectivity index (χ4v) is 3.28. The number of carbonyl (C=O) groups excluding carboxylic acids is 2. The lowest BCUT2D eigenvalue weighted by Gasteiger charge is -2.35. The van der Waals surface area contributed by atoms with Crippen LogP contribution < -0.4 is 4.74 Å². The third-order valence-electron chi connectivity index (χ3n) is 5.04. The lowest BCUT2D eigenvalue weighted by Crippen LogP contribution is -2.51. The first-order chi connectivity index (χ1) is 13.6. The smallest absolute Gasteiger partial charge is 0.253 e. The van der Waals surface area contributed by atoms with Gasteiger partial charge < -0.3 is 14.5 Å². The predicted molar refractivity (Wildman–Crippen MR) is 108 cm³/mol. The summed E-state index contributed by atoms with van der Waals surface area (Å²) in [7, 11) is 3.46. The van der Waals surface area contributed by atoms with Gasteiger partial charge in [0.1, 0.15) is 5.75 Å². The highest BCUT2D eigenvalue weighted by atomic mass is 16.5. The van der Waals surface area contributed by atoms with Crippen LogP contribution in [0.2, 0.25) is 0 Å². The van der Waals surface area contributed by atoms with Crippen LogP contribution in [0.15, 0.2) is 54.6 Å². The topological polar surface area (TPSA) is 53.1 Å². The van der Waals surface area contributed by atoms with Crippen LogP contribution in [-0.2, 0) is 11.3 Å². The second-order valence-electron chi connectivity index (χ2n) is 7.03. The molecular weight excluding hydrogens is 354 g/mol. The standard InChI is InChI=1S/C22H27N3O3/c1-23(16-18-8-10-20(28-2)11-9-18)21(26)17-24-12-14-25(15-13-24)22(27)19-6-4-3-5-7-19/h3-11H,12-17H2,1-2H3. The summed E-state index contributed by atoms with van der Waals surface area (Å²) in [5.74, 6) is 0.947. The largest absolute Gasteiger partial charge is 0.497 e. The Morgan fingerprint density at radius 1 is 0.964 bits per heavy atom. The van der Waals surface area contributed by atoms with E-state index in [2.05, 4.69) is 4.90 Å². The van der Waals surface area contributed by atoms with E-state index in [4.69, 9.17) is 4.74 Å². The molecule has 0 atom stereocenters. The van der Waals surface area contributed by atoms with Gasteiger partial charge in [0.25, 0.3) is 5.91 Å². The zero-order valence-electron chi connectivity index (χ0n) is 16.5. The van der Waals surface area contributed by atoms with E-state index in [1.165, 1.54) is 0 Å². The summed E-state index contributed by atoms with van der Waals surface area (Å²) in [6.07, 6.45) is 0. The summed E-state index contributed by atoms with van der Waals surface area (Å²) in [5, 5.41) is 0. The van der Waals surface area contributed by atoms with E-state index in [0.717, 1.165) is 11.3 Å². The molecule has 148 valence electrons. The van der Waals surface area contributed by atoms with Crippen molar-refractivity contribution in [1.82, 2.24) is 14.7 Å². The van der Waals surface area contributed by atoms with Gasteiger partial charge in [-0.1, -0.05) is 30.3 Å². The Kier molecular flexibility index (Phi) is 6.66. The van der Waals surface area contributed by atoms with Crippen LogP contribution in [0, 0.1) is 0 Å². The Balaban J connectivity index is 1.45. The molecule has 2 aromatic carbocycles. The number of hydrogen-bond donors (Lipinski definition) is 0. The third kappa shape index (κ3) is 5.10. The normalized spacial score (nSPS) is 14.6. The lowest BCUT2D eigenvalue weighted by atomic mass is 10.2. The molecule has 0 spiro atoms. The molecule has 0 bridgehead atoms. The van der Waals surface area contributed by atoms with Crippen LogP contribution in [0.4, 0.5) is 0 Å². The summed E-state index contributed by atoms with van der Waals surface area (Å²) in [6, 6.07) is 17.1. The zero-order valence-corrected chi connectivity index (χ0v) is 16.5. The number of amides is 2. The van der Waals surface area contributed by atoms with Crippen LogP contribution in [0.3, 0.4) is 0 Å². The van der Waals surface area contributed by atoms with Gasteiger partial charge in [0.2, 0.25) is 5.91 Å². The Labute approximate surface area is 166 Å². The molecule has 2 amide bonds. The van der Waals surface area contributed by atoms with Gasteiger partial charge in [-0.2, -0.15) is 0 Å². The maximum absolute atomic E-state index is 12.6. The highest BCUT2D eigenvalue weighted by Crippen LogP contribution is 2.13. The van der Waals surface area contributed by atoms with Gasteiger partial charge in [-0.05, 0) is 29.8 Å². The second-order valence-corrected chi connectivity index (χ2v) is 7.03. The van der Waals surface area contributed by atoms with Crippen molar-refractivity contribution in [2.45, 2.75) is 6.54 Å². The lowest BCUT2D eigenvalue weighted by molar-refractivity contribution is -0.132. The molecule has 1 saturated heterocycles. The fraction of sp³-hybridized carbons (Fsp3) is 0.364. The Hall–Kier alpha value is -2.86. The molecule has 0 unspecified atom stereocenters. The van der Waals surface area contributed by atoms with Crippen molar-refractivity contribution in [3.05, 3.63) is 65.7 Å². The van der Waals surface area contributed by atoms with E-state index >= 15 is 0 Å². The molecule has 6 nitrogen and oxygen atoms in total. The van der Waals surface area contributed by atoms with Crippen molar-refractivity contribution in [3.63, 3.8) is 0 Å². The number of likely N-dealkylation sites (N-methyl/N-ethyl adjacent to an activating group) is 1. The van der Waals surface area contributed by atoms with Crippen molar-refractivity contribution in [2.75, 3.05) is 46.9 Å². The minimum Gasteiger partial charge on any atom is -0.497 e. The van der Waals surface area contributed by atoms with Crippen molar-refractivity contribution in [1.29, 1.82) is 0 Å². The van der Waals surface area contributed by atoms with Crippen molar-refractivity contribution < 1.29 is 14.3 Å². The van der Waals surface area contributed by atoms with Gasteiger partial charge in [-0.15, -0.1) is 0 Å². The van der Waals surface area contributed by atoms with Crippen LogP contribution in [-0.4, -0.2) is 73.4 Å².